The smallest absolute Gasteiger partial charge is 0.217 e. The predicted octanol–water partition coefficient (Wildman–Crippen LogP) is 3.11. The number of benzene rings is 1. The first-order valence-corrected chi connectivity index (χ1v) is 6.97. The Kier molecular flexibility index (Phi) is 5.18. The molecule has 2 N–H and O–H groups in total. The normalized spacial score (nSPS) is 12.4. The lowest BCUT2D eigenvalue weighted by Gasteiger charge is -2.16. The molecule has 1 atom stereocenters. The summed E-state index contributed by atoms with van der Waals surface area (Å²) in [6, 6.07) is 7.10. The average Bonchev–Trinajstić information content (AvgIpc) is 2.83. The Morgan fingerprint density at radius 1 is 1.37 bits per heavy atom. The molecule has 0 saturated heterocycles. The van der Waals surface area contributed by atoms with Crippen molar-refractivity contribution in [3.8, 4) is 5.75 Å². The summed E-state index contributed by atoms with van der Waals surface area (Å²) in [5.74, 6) is 1.31. The van der Waals surface area contributed by atoms with Gasteiger partial charge in [-0.15, -0.1) is 5.10 Å². The molecule has 0 aliphatic heterocycles. The van der Waals surface area contributed by atoms with Crippen LogP contribution in [0.2, 0.25) is 5.02 Å². The summed E-state index contributed by atoms with van der Waals surface area (Å²) in [5, 5.41) is 16.3. The predicted molar refractivity (Wildman–Crippen MR) is 75.2 cm³/mol. The molecule has 1 unspecified atom stereocenters. The molecule has 1 aromatic heterocycles. The van der Waals surface area contributed by atoms with E-state index in [2.05, 4.69) is 31.1 Å². The zero-order chi connectivity index (χ0) is 13.7. The molecule has 0 spiro atoms. The Balaban J connectivity index is 2.11. The fraction of sp³-hybridized carbons (Fsp3) is 0.333. The highest BCUT2D eigenvalue weighted by atomic mass is 79.9. The van der Waals surface area contributed by atoms with Crippen molar-refractivity contribution < 1.29 is 9.84 Å². The first kappa shape index (κ1) is 14.3. The first-order valence-electron chi connectivity index (χ1n) is 5.80. The van der Waals surface area contributed by atoms with Gasteiger partial charge in [0.05, 0.1) is 0 Å². The molecule has 0 fully saturated rings. The quantitative estimate of drug-likeness (QED) is 0.843. The lowest BCUT2D eigenvalue weighted by molar-refractivity contribution is 0.167. The number of ether oxygens (including phenoxy) is 1. The Morgan fingerprint density at radius 3 is 2.68 bits per heavy atom. The first-order chi connectivity index (χ1) is 9.19. The summed E-state index contributed by atoms with van der Waals surface area (Å²) in [6.45, 7) is 0.107. The van der Waals surface area contributed by atoms with Gasteiger partial charge < -0.3 is 9.84 Å². The Bertz CT molecular complexity index is 518. The fourth-order valence-corrected chi connectivity index (χ4v) is 2.01. The van der Waals surface area contributed by atoms with Crippen LogP contribution in [0.1, 0.15) is 24.8 Å². The highest BCUT2D eigenvalue weighted by Crippen LogP contribution is 2.25. The van der Waals surface area contributed by atoms with E-state index in [0.29, 0.717) is 34.2 Å². The minimum absolute atomic E-state index is 0.107. The molecule has 7 heteroatoms. The summed E-state index contributed by atoms with van der Waals surface area (Å²) in [4.78, 5) is 4.19. The fourth-order valence-electron chi connectivity index (χ4n) is 1.60. The zero-order valence-corrected chi connectivity index (χ0v) is 12.4. The third-order valence-electron chi connectivity index (χ3n) is 2.50. The van der Waals surface area contributed by atoms with Crippen molar-refractivity contribution in [1.82, 2.24) is 15.2 Å². The van der Waals surface area contributed by atoms with Crippen molar-refractivity contribution in [1.29, 1.82) is 0 Å². The second-order valence-corrected chi connectivity index (χ2v) is 5.06. The highest BCUT2D eigenvalue weighted by Gasteiger charge is 2.17. The molecule has 0 saturated carbocycles. The van der Waals surface area contributed by atoms with Crippen LogP contribution in [0.3, 0.4) is 0 Å². The number of H-pyrrole nitrogens is 1. The number of aliphatic hydroxyl groups excluding tert-OH is 1. The van der Waals surface area contributed by atoms with Crippen LogP contribution in [0.15, 0.2) is 29.0 Å². The molecule has 0 aliphatic carbocycles. The molecule has 1 heterocycles. The number of rotatable bonds is 6. The second-order valence-electron chi connectivity index (χ2n) is 3.92. The zero-order valence-electron chi connectivity index (χ0n) is 10.0. The minimum atomic E-state index is -0.285. The number of aliphatic hydroxyl groups is 1. The Hall–Kier alpha value is -1.11. The van der Waals surface area contributed by atoms with Crippen molar-refractivity contribution in [3.05, 3.63) is 39.8 Å². The lowest BCUT2D eigenvalue weighted by atomic mass is 10.2. The molecule has 0 aliphatic rings. The molecule has 2 rings (SSSR count). The van der Waals surface area contributed by atoms with Crippen LogP contribution in [0.4, 0.5) is 0 Å². The van der Waals surface area contributed by atoms with Crippen LogP contribution in [0.25, 0.3) is 0 Å². The maximum atomic E-state index is 8.94. The summed E-state index contributed by atoms with van der Waals surface area (Å²) in [7, 11) is 0. The van der Waals surface area contributed by atoms with Crippen molar-refractivity contribution in [2.24, 2.45) is 0 Å². The maximum Gasteiger partial charge on any atom is 0.217 e. The molecule has 102 valence electrons. The van der Waals surface area contributed by atoms with Gasteiger partial charge in [0.1, 0.15) is 5.75 Å². The van der Waals surface area contributed by atoms with Crippen LogP contribution in [-0.2, 0) is 0 Å². The van der Waals surface area contributed by atoms with Gasteiger partial charge in [-0.25, -0.2) is 4.98 Å². The molecular weight excluding hydrogens is 334 g/mol. The van der Waals surface area contributed by atoms with Gasteiger partial charge in [0, 0.05) is 11.6 Å². The van der Waals surface area contributed by atoms with Crippen LogP contribution < -0.4 is 4.74 Å². The van der Waals surface area contributed by atoms with Gasteiger partial charge in [0.2, 0.25) is 4.73 Å². The molecule has 0 amide bonds. The monoisotopic (exact) mass is 345 g/mol. The molecule has 0 bridgehead atoms. The molecule has 2 aromatic rings. The minimum Gasteiger partial charge on any atom is -0.482 e. The Morgan fingerprint density at radius 2 is 2.11 bits per heavy atom. The number of aromatic nitrogens is 3. The largest absolute Gasteiger partial charge is 0.482 e. The number of hydrogen-bond acceptors (Lipinski definition) is 4. The van der Waals surface area contributed by atoms with E-state index in [-0.39, 0.29) is 12.7 Å². The summed E-state index contributed by atoms with van der Waals surface area (Å²) >= 11 is 9.02. The van der Waals surface area contributed by atoms with E-state index in [4.69, 9.17) is 21.4 Å². The van der Waals surface area contributed by atoms with E-state index < -0.39 is 0 Å². The van der Waals surface area contributed by atoms with E-state index >= 15 is 0 Å². The summed E-state index contributed by atoms with van der Waals surface area (Å²) in [6.07, 6.45) is 0.976. The van der Waals surface area contributed by atoms with Crippen molar-refractivity contribution in [3.63, 3.8) is 0 Å². The van der Waals surface area contributed by atoms with Crippen molar-refractivity contribution in [2.45, 2.75) is 18.9 Å². The number of nitrogens with one attached hydrogen (secondary N) is 1. The third kappa shape index (κ3) is 4.19. The summed E-state index contributed by atoms with van der Waals surface area (Å²) < 4.78 is 6.33. The van der Waals surface area contributed by atoms with Gasteiger partial charge in [-0.1, -0.05) is 11.6 Å². The third-order valence-corrected chi connectivity index (χ3v) is 3.10. The second kappa shape index (κ2) is 6.88. The molecule has 1 aromatic carbocycles. The van der Waals surface area contributed by atoms with Crippen LogP contribution in [0, 0.1) is 0 Å². The Labute approximate surface area is 124 Å². The van der Waals surface area contributed by atoms with E-state index in [1.165, 1.54) is 0 Å². The van der Waals surface area contributed by atoms with Gasteiger partial charge in [-0.2, -0.15) is 0 Å². The van der Waals surface area contributed by atoms with E-state index in [9.17, 15) is 0 Å². The van der Waals surface area contributed by atoms with E-state index in [1.807, 2.05) is 0 Å². The number of halogens is 2. The van der Waals surface area contributed by atoms with Gasteiger partial charge in [-0.05, 0) is 53.0 Å². The van der Waals surface area contributed by atoms with Crippen molar-refractivity contribution >= 4 is 27.5 Å². The molecule has 19 heavy (non-hydrogen) atoms. The number of hydrogen-bond donors (Lipinski definition) is 2. The van der Waals surface area contributed by atoms with Gasteiger partial charge in [-0.3, -0.25) is 5.10 Å². The van der Waals surface area contributed by atoms with E-state index in [0.717, 1.165) is 0 Å². The highest BCUT2D eigenvalue weighted by molar-refractivity contribution is 9.10. The maximum absolute atomic E-state index is 8.94. The van der Waals surface area contributed by atoms with Gasteiger partial charge >= 0.3 is 0 Å². The number of aromatic amines is 1. The SMILES string of the molecule is OCCCC(Oc1ccc(Cl)cc1)c1nc(Br)n[nH]1. The lowest BCUT2D eigenvalue weighted by Crippen LogP contribution is -2.10. The number of nitrogens with zero attached hydrogens (tertiary/aromatic N) is 2. The molecule has 5 nitrogen and oxygen atoms in total. The standard InChI is InChI=1S/C12H13BrClN3O2/c13-12-15-11(16-17-12)10(2-1-7-18)19-9-5-3-8(14)4-6-9/h3-6,10,18H,1-2,7H2,(H,15,16,17). The van der Waals surface area contributed by atoms with Crippen LogP contribution >= 0.6 is 27.5 Å². The van der Waals surface area contributed by atoms with Gasteiger partial charge in [0.25, 0.3) is 0 Å². The summed E-state index contributed by atoms with van der Waals surface area (Å²) in [5.41, 5.74) is 0. The van der Waals surface area contributed by atoms with Crippen LogP contribution in [0.5, 0.6) is 5.75 Å². The van der Waals surface area contributed by atoms with Crippen LogP contribution in [-0.4, -0.2) is 26.9 Å². The molecular formula is C12H13BrClN3O2. The van der Waals surface area contributed by atoms with Gasteiger partial charge in [0.15, 0.2) is 11.9 Å². The average molecular weight is 347 g/mol. The van der Waals surface area contributed by atoms with Crippen molar-refractivity contribution in [2.75, 3.05) is 6.61 Å². The topological polar surface area (TPSA) is 71.0 Å². The van der Waals surface area contributed by atoms with E-state index in [1.54, 1.807) is 24.3 Å². The molecule has 0 radical (unpaired) electrons.